The minimum absolute atomic E-state index is 0.233. The summed E-state index contributed by atoms with van der Waals surface area (Å²) in [4.78, 5) is 32.0. The van der Waals surface area contributed by atoms with Crippen LogP contribution in [0.25, 0.3) is 21.3 Å². The summed E-state index contributed by atoms with van der Waals surface area (Å²) in [6.07, 6.45) is 1.35. The van der Waals surface area contributed by atoms with Gasteiger partial charge in [-0.25, -0.2) is 13.8 Å². The lowest BCUT2D eigenvalue weighted by Gasteiger charge is -2.18. The van der Waals surface area contributed by atoms with Gasteiger partial charge in [-0.3, -0.25) is 14.2 Å². The van der Waals surface area contributed by atoms with Crippen LogP contribution in [0.1, 0.15) is 16.5 Å². The summed E-state index contributed by atoms with van der Waals surface area (Å²) in [6, 6.07) is 15.1. The van der Waals surface area contributed by atoms with Gasteiger partial charge in [0.2, 0.25) is 5.91 Å². The molecule has 2 aromatic carbocycles. The molecule has 0 aliphatic carbocycles. The van der Waals surface area contributed by atoms with E-state index >= 15 is 0 Å². The molecular formula is C25H17F2N3O2S2. The summed E-state index contributed by atoms with van der Waals surface area (Å²) in [5, 5.41) is 7.04. The van der Waals surface area contributed by atoms with Crippen LogP contribution in [0, 0.1) is 11.6 Å². The van der Waals surface area contributed by atoms with Crippen molar-refractivity contribution < 1.29 is 13.6 Å². The van der Waals surface area contributed by atoms with Crippen molar-refractivity contribution in [1.82, 2.24) is 14.9 Å². The average Bonchev–Trinajstić information content (AvgIpc) is 3.51. The number of halogens is 2. The van der Waals surface area contributed by atoms with E-state index < -0.39 is 6.04 Å². The first-order valence-electron chi connectivity index (χ1n) is 10.3. The Kier molecular flexibility index (Phi) is 6.04. The molecule has 1 amide bonds. The summed E-state index contributed by atoms with van der Waals surface area (Å²) >= 11 is 2.78. The number of hydrogen-bond acceptors (Lipinski definition) is 5. The third-order valence-corrected chi connectivity index (χ3v) is 7.19. The van der Waals surface area contributed by atoms with Gasteiger partial charge < -0.3 is 5.32 Å². The standard InChI is InChI=1S/C25H17F2N3O2S2/c26-17-7-3-15(4-8-17)19-13-34-24-22(19)25(32)30(14-28-24)12-21(31)29-23(20-2-1-11-33-20)16-5-9-18(27)10-6-16/h1-11,13-14,23H,12H2,(H,29,31). The molecule has 170 valence electrons. The molecule has 5 rings (SSSR count). The van der Waals surface area contributed by atoms with Crippen LogP contribution in [0.4, 0.5) is 8.78 Å². The molecule has 34 heavy (non-hydrogen) atoms. The fourth-order valence-electron chi connectivity index (χ4n) is 3.71. The molecule has 1 unspecified atom stereocenters. The minimum Gasteiger partial charge on any atom is -0.343 e. The molecule has 1 atom stereocenters. The van der Waals surface area contributed by atoms with Gasteiger partial charge in [0.25, 0.3) is 5.56 Å². The van der Waals surface area contributed by atoms with Crippen molar-refractivity contribution in [3.8, 4) is 11.1 Å². The number of hydrogen-bond donors (Lipinski definition) is 1. The van der Waals surface area contributed by atoms with Crippen molar-refractivity contribution in [3.05, 3.63) is 110 Å². The lowest BCUT2D eigenvalue weighted by molar-refractivity contribution is -0.122. The van der Waals surface area contributed by atoms with Gasteiger partial charge in [0.15, 0.2) is 0 Å². The molecule has 0 radical (unpaired) electrons. The summed E-state index contributed by atoms with van der Waals surface area (Å²) in [5.74, 6) is -1.11. The fraction of sp³-hybridized carbons (Fsp3) is 0.0800. The highest BCUT2D eigenvalue weighted by Gasteiger charge is 2.20. The lowest BCUT2D eigenvalue weighted by atomic mass is 10.1. The van der Waals surface area contributed by atoms with E-state index in [1.165, 1.54) is 57.8 Å². The van der Waals surface area contributed by atoms with Crippen molar-refractivity contribution in [2.45, 2.75) is 12.6 Å². The minimum atomic E-state index is -0.476. The number of nitrogens with one attached hydrogen (secondary N) is 1. The van der Waals surface area contributed by atoms with Gasteiger partial charge in [0.05, 0.1) is 17.8 Å². The molecule has 0 fully saturated rings. The SMILES string of the molecule is O=C(Cn1cnc2scc(-c3ccc(F)cc3)c2c1=O)NC(c1ccc(F)cc1)c1cccs1. The molecule has 9 heteroatoms. The molecule has 0 aliphatic heterocycles. The first-order chi connectivity index (χ1) is 16.5. The van der Waals surface area contributed by atoms with Crippen molar-refractivity contribution in [3.63, 3.8) is 0 Å². The fourth-order valence-corrected chi connectivity index (χ4v) is 5.42. The van der Waals surface area contributed by atoms with E-state index in [4.69, 9.17) is 0 Å². The first kappa shape index (κ1) is 22.1. The highest BCUT2D eigenvalue weighted by molar-refractivity contribution is 7.17. The van der Waals surface area contributed by atoms with Gasteiger partial charge in [0.1, 0.15) is 23.0 Å². The van der Waals surface area contributed by atoms with Gasteiger partial charge in [-0.15, -0.1) is 22.7 Å². The molecule has 3 heterocycles. The number of benzene rings is 2. The van der Waals surface area contributed by atoms with Crippen molar-refractivity contribution in [1.29, 1.82) is 0 Å². The molecule has 5 nitrogen and oxygen atoms in total. The molecule has 0 saturated carbocycles. The van der Waals surface area contributed by atoms with E-state index in [0.717, 1.165) is 10.4 Å². The second-order valence-corrected chi connectivity index (χ2v) is 9.42. The Morgan fingerprint density at radius 2 is 1.71 bits per heavy atom. The summed E-state index contributed by atoms with van der Waals surface area (Å²) < 4.78 is 28.0. The molecule has 0 spiro atoms. The Labute approximate surface area is 201 Å². The number of aromatic nitrogens is 2. The Hall–Kier alpha value is -3.69. The third kappa shape index (κ3) is 4.40. The normalized spacial score (nSPS) is 12.1. The Bertz CT molecular complexity index is 1510. The Morgan fingerprint density at radius 3 is 2.38 bits per heavy atom. The zero-order valence-electron chi connectivity index (χ0n) is 17.6. The topological polar surface area (TPSA) is 64.0 Å². The predicted octanol–water partition coefficient (Wildman–Crippen LogP) is 5.37. The number of thiophene rings is 2. The summed E-state index contributed by atoms with van der Waals surface area (Å²) in [7, 11) is 0. The van der Waals surface area contributed by atoms with Crippen LogP contribution in [0.3, 0.4) is 0 Å². The molecule has 1 N–H and O–H groups in total. The van der Waals surface area contributed by atoms with Crippen molar-refractivity contribution >= 4 is 38.8 Å². The zero-order chi connectivity index (χ0) is 23.7. The first-order valence-corrected chi connectivity index (χ1v) is 12.1. The number of carbonyl (C=O) groups excluding carboxylic acids is 1. The van der Waals surface area contributed by atoms with Crippen LogP contribution in [0.15, 0.2) is 82.5 Å². The van der Waals surface area contributed by atoms with E-state index in [2.05, 4.69) is 10.3 Å². The van der Waals surface area contributed by atoms with Gasteiger partial charge in [-0.05, 0) is 46.8 Å². The van der Waals surface area contributed by atoms with Crippen LogP contribution < -0.4 is 10.9 Å². The van der Waals surface area contributed by atoms with Crippen LogP contribution in [-0.4, -0.2) is 15.5 Å². The maximum Gasteiger partial charge on any atom is 0.263 e. The zero-order valence-corrected chi connectivity index (χ0v) is 19.2. The molecule has 0 bridgehead atoms. The number of rotatable bonds is 6. The van der Waals surface area contributed by atoms with Crippen LogP contribution in [-0.2, 0) is 11.3 Å². The molecule has 0 saturated heterocycles. The maximum atomic E-state index is 13.4. The van der Waals surface area contributed by atoms with Gasteiger partial charge in [-0.2, -0.15) is 0 Å². The van der Waals surface area contributed by atoms with Crippen LogP contribution in [0.2, 0.25) is 0 Å². The molecule has 5 aromatic rings. The monoisotopic (exact) mass is 493 g/mol. The number of nitrogens with zero attached hydrogens (tertiary/aromatic N) is 2. The van der Waals surface area contributed by atoms with Crippen LogP contribution >= 0.6 is 22.7 Å². The van der Waals surface area contributed by atoms with Crippen molar-refractivity contribution in [2.24, 2.45) is 0 Å². The van der Waals surface area contributed by atoms with Crippen LogP contribution in [0.5, 0.6) is 0 Å². The van der Waals surface area contributed by atoms with Crippen molar-refractivity contribution in [2.75, 3.05) is 0 Å². The highest BCUT2D eigenvalue weighted by Crippen LogP contribution is 2.31. The van der Waals surface area contributed by atoms with E-state index in [1.54, 1.807) is 29.6 Å². The van der Waals surface area contributed by atoms with E-state index in [-0.39, 0.29) is 29.6 Å². The third-order valence-electron chi connectivity index (χ3n) is 5.37. The molecular weight excluding hydrogens is 476 g/mol. The smallest absolute Gasteiger partial charge is 0.263 e. The Balaban J connectivity index is 1.44. The second kappa shape index (κ2) is 9.28. The van der Waals surface area contributed by atoms with Gasteiger partial charge >= 0.3 is 0 Å². The van der Waals surface area contributed by atoms with Gasteiger partial charge in [0, 0.05) is 15.8 Å². The number of amides is 1. The summed E-state index contributed by atoms with van der Waals surface area (Å²) in [6.45, 7) is -0.233. The summed E-state index contributed by atoms with van der Waals surface area (Å²) in [5.41, 5.74) is 1.72. The maximum absolute atomic E-state index is 13.4. The number of fused-ring (bicyclic) bond motifs is 1. The predicted molar refractivity (Wildman–Crippen MR) is 130 cm³/mol. The second-order valence-electron chi connectivity index (χ2n) is 7.58. The van der Waals surface area contributed by atoms with E-state index in [1.807, 2.05) is 17.5 Å². The number of carbonyl (C=O) groups is 1. The Morgan fingerprint density at radius 1 is 1.00 bits per heavy atom. The largest absolute Gasteiger partial charge is 0.343 e. The van der Waals surface area contributed by atoms with Gasteiger partial charge in [-0.1, -0.05) is 30.3 Å². The average molecular weight is 494 g/mol. The lowest BCUT2D eigenvalue weighted by Crippen LogP contribution is -2.35. The highest BCUT2D eigenvalue weighted by atomic mass is 32.1. The van der Waals surface area contributed by atoms with E-state index in [0.29, 0.717) is 21.3 Å². The van der Waals surface area contributed by atoms with E-state index in [9.17, 15) is 18.4 Å². The molecule has 0 aliphatic rings. The molecule has 3 aromatic heterocycles. The quantitative estimate of drug-likeness (QED) is 0.346.